The summed E-state index contributed by atoms with van der Waals surface area (Å²) in [6.07, 6.45) is 12.9. The Morgan fingerprint density at radius 1 is 0.855 bits per heavy atom. The van der Waals surface area contributed by atoms with E-state index in [1.54, 1.807) is 4.90 Å². The van der Waals surface area contributed by atoms with E-state index in [4.69, 9.17) is 0 Å². The minimum atomic E-state index is -3.70. The average molecular weight is 789 g/mol. The number of likely N-dealkylation sites (tertiary alicyclic amines) is 1. The van der Waals surface area contributed by atoms with Gasteiger partial charge < -0.3 is 26.2 Å². The van der Waals surface area contributed by atoms with Crippen LogP contribution in [0.5, 0.6) is 0 Å². The van der Waals surface area contributed by atoms with Gasteiger partial charge in [0.05, 0.1) is 17.3 Å². The minimum Gasteiger partial charge on any atom is -0.347 e. The molecular formula is C41H68N6O7S. The Morgan fingerprint density at radius 2 is 1.47 bits per heavy atom. The van der Waals surface area contributed by atoms with Crippen molar-refractivity contribution in [3.8, 4) is 0 Å². The Labute approximate surface area is 329 Å². The third-order valence-electron chi connectivity index (χ3n) is 14.2. The van der Waals surface area contributed by atoms with E-state index in [9.17, 15) is 27.6 Å². The van der Waals surface area contributed by atoms with Gasteiger partial charge in [-0.3, -0.25) is 19.2 Å². The van der Waals surface area contributed by atoms with E-state index in [2.05, 4.69) is 35.1 Å². The highest BCUT2D eigenvalue weighted by Crippen LogP contribution is 2.65. The van der Waals surface area contributed by atoms with Gasteiger partial charge in [0.25, 0.3) is 5.91 Å². The topological polar surface area (TPSA) is 174 Å². The Balaban J connectivity index is 1.23. The molecule has 1 heterocycles. The molecule has 5 aliphatic carbocycles. The fourth-order valence-electron chi connectivity index (χ4n) is 10.4. The number of nitrogens with zero attached hydrogens (tertiary/aromatic N) is 2. The van der Waals surface area contributed by atoms with Crippen LogP contribution in [0.3, 0.4) is 0 Å². The van der Waals surface area contributed by atoms with E-state index in [-0.39, 0.29) is 41.0 Å². The number of hydrogen-bond donors (Lipinski definition) is 4. The lowest BCUT2D eigenvalue weighted by molar-refractivity contribution is -0.146. The summed E-state index contributed by atoms with van der Waals surface area (Å²) in [5.74, 6) is -1.79. The van der Waals surface area contributed by atoms with Crippen molar-refractivity contribution in [3.05, 3.63) is 0 Å². The van der Waals surface area contributed by atoms with Gasteiger partial charge in [-0.1, -0.05) is 79.1 Å². The molecule has 5 amide bonds. The van der Waals surface area contributed by atoms with Gasteiger partial charge in [0.2, 0.25) is 27.6 Å². The van der Waals surface area contributed by atoms with Gasteiger partial charge in [-0.05, 0) is 93.8 Å². The van der Waals surface area contributed by atoms with Crippen LogP contribution in [-0.4, -0.2) is 102 Å². The van der Waals surface area contributed by atoms with E-state index in [0.717, 1.165) is 83.5 Å². The zero-order chi connectivity index (χ0) is 39.9. The van der Waals surface area contributed by atoms with Crippen molar-refractivity contribution in [1.82, 2.24) is 30.5 Å². The molecule has 5 unspecified atom stereocenters. The first-order valence-corrected chi connectivity index (χ1v) is 23.1. The van der Waals surface area contributed by atoms with E-state index < -0.39 is 62.7 Å². The molecule has 0 aromatic rings. The van der Waals surface area contributed by atoms with Crippen molar-refractivity contribution in [2.24, 2.45) is 28.6 Å². The number of amides is 5. The highest BCUT2D eigenvalue weighted by Gasteiger charge is 2.70. The summed E-state index contributed by atoms with van der Waals surface area (Å²) in [5, 5.41) is 11.9. The Kier molecular flexibility index (Phi) is 12.4. The molecule has 5 saturated carbocycles. The minimum absolute atomic E-state index is 0.0125. The maximum Gasteiger partial charge on any atom is 0.315 e. The molecule has 310 valence electrons. The maximum absolute atomic E-state index is 15.0. The molecule has 6 aliphatic rings. The van der Waals surface area contributed by atoms with Gasteiger partial charge in [-0.2, -0.15) is 4.31 Å². The number of sulfonamides is 1. The summed E-state index contributed by atoms with van der Waals surface area (Å²) in [6, 6.07) is -3.53. The van der Waals surface area contributed by atoms with Gasteiger partial charge >= 0.3 is 6.03 Å². The summed E-state index contributed by atoms with van der Waals surface area (Å²) in [5.41, 5.74) is -1.74. The molecule has 0 spiro atoms. The monoisotopic (exact) mass is 788 g/mol. The molecule has 6 fully saturated rings. The molecule has 5 atom stereocenters. The summed E-state index contributed by atoms with van der Waals surface area (Å²) in [6.45, 7) is 12.5. The number of nitrogens with one attached hydrogen (secondary N) is 4. The molecule has 0 bridgehead atoms. The van der Waals surface area contributed by atoms with Crippen LogP contribution in [0, 0.1) is 28.6 Å². The number of fused-ring (bicyclic) bond motifs is 1. The van der Waals surface area contributed by atoms with Crippen molar-refractivity contribution >= 4 is 39.6 Å². The van der Waals surface area contributed by atoms with E-state index in [1.807, 2.05) is 27.7 Å². The molecule has 13 nitrogen and oxygen atoms in total. The number of Topliss-reactive ketones (excluding diaryl/α,β-unsaturated/α-hetero) is 1. The standard InChI is InChI=1S/C41H68N6O7S/c1-7-47(26(2)3)55(53,54)25-41(22-12-9-13-23-41)45-38(52)44-34(40(6)20-10-8-11-21-40)37(51)46-24-29-31(39(29,4)5)32(46)35(49)43-30(19-16-27-14-15-27)33(48)36(50)42-28-17-18-28/h26-32,34H,7-25H2,1-6H3,(H,42,50)(H,43,49)(H2,44,45,52). The van der Waals surface area contributed by atoms with Crippen LogP contribution in [0.1, 0.15) is 144 Å². The van der Waals surface area contributed by atoms with Crippen LogP contribution in [-0.2, 0) is 29.2 Å². The molecule has 4 N–H and O–H groups in total. The SMILES string of the molecule is CCN(C(C)C)S(=O)(=O)CC1(NC(=O)NC(C(=O)N2CC3C(C2C(=O)NC(CCC2CC2)C(=O)C(=O)NC2CC2)C3(C)C)C2(C)CCCCC2)CCCCC1. The molecule has 14 heteroatoms. The number of piperidine rings is 1. The zero-order valence-corrected chi connectivity index (χ0v) is 35.0. The van der Waals surface area contributed by atoms with Crippen LogP contribution in [0.25, 0.3) is 0 Å². The zero-order valence-electron chi connectivity index (χ0n) is 34.2. The summed E-state index contributed by atoms with van der Waals surface area (Å²) in [4.78, 5) is 71.7. The summed E-state index contributed by atoms with van der Waals surface area (Å²) >= 11 is 0. The normalized spacial score (nSPS) is 27.8. The van der Waals surface area contributed by atoms with Crippen molar-refractivity contribution in [2.45, 2.75) is 180 Å². The number of rotatable bonds is 17. The summed E-state index contributed by atoms with van der Waals surface area (Å²) < 4.78 is 29.0. The van der Waals surface area contributed by atoms with E-state index >= 15 is 4.79 Å². The average Bonchev–Trinajstić information content (AvgIpc) is 4.08. The first kappa shape index (κ1) is 41.9. The quantitative estimate of drug-likeness (QED) is 0.158. The second-order valence-corrected chi connectivity index (χ2v) is 21.1. The highest BCUT2D eigenvalue weighted by atomic mass is 32.2. The molecule has 0 radical (unpaired) electrons. The van der Waals surface area contributed by atoms with Gasteiger partial charge in [0.1, 0.15) is 12.1 Å². The summed E-state index contributed by atoms with van der Waals surface area (Å²) in [7, 11) is -3.70. The van der Waals surface area contributed by atoms with Crippen molar-refractivity contribution in [3.63, 3.8) is 0 Å². The van der Waals surface area contributed by atoms with Crippen molar-refractivity contribution in [2.75, 3.05) is 18.8 Å². The lowest BCUT2D eigenvalue weighted by Gasteiger charge is -2.44. The van der Waals surface area contributed by atoms with Crippen molar-refractivity contribution in [1.29, 1.82) is 0 Å². The van der Waals surface area contributed by atoms with E-state index in [0.29, 0.717) is 38.3 Å². The smallest absolute Gasteiger partial charge is 0.315 e. The number of carbonyl (C=O) groups is 5. The fraction of sp³-hybridized carbons (Fsp3) is 0.878. The molecule has 1 saturated heterocycles. The van der Waals surface area contributed by atoms with Gasteiger partial charge in [0, 0.05) is 25.2 Å². The molecule has 1 aliphatic heterocycles. The third kappa shape index (κ3) is 9.36. The lowest BCUT2D eigenvalue weighted by atomic mass is 9.70. The van der Waals surface area contributed by atoms with Gasteiger partial charge in [0.15, 0.2) is 0 Å². The first-order valence-electron chi connectivity index (χ1n) is 21.4. The number of hydrogen-bond acceptors (Lipinski definition) is 7. The number of carbonyl (C=O) groups excluding carboxylic acids is 5. The second-order valence-electron chi connectivity index (χ2n) is 19.2. The molecule has 6 rings (SSSR count). The lowest BCUT2D eigenvalue weighted by Crippen LogP contribution is -2.65. The third-order valence-corrected chi connectivity index (χ3v) is 16.5. The van der Waals surface area contributed by atoms with Crippen LogP contribution < -0.4 is 21.3 Å². The van der Waals surface area contributed by atoms with Crippen LogP contribution in [0.4, 0.5) is 4.79 Å². The van der Waals surface area contributed by atoms with Crippen LogP contribution >= 0.6 is 0 Å². The molecule has 55 heavy (non-hydrogen) atoms. The molecule has 0 aromatic heterocycles. The Morgan fingerprint density at radius 3 is 2.04 bits per heavy atom. The predicted molar refractivity (Wildman–Crippen MR) is 210 cm³/mol. The second kappa shape index (κ2) is 16.3. The number of ketones is 1. The first-order chi connectivity index (χ1) is 25.9. The van der Waals surface area contributed by atoms with E-state index in [1.165, 1.54) is 4.31 Å². The van der Waals surface area contributed by atoms with Gasteiger partial charge in [-0.25, -0.2) is 13.2 Å². The number of urea groups is 1. The van der Waals surface area contributed by atoms with Crippen LogP contribution in [0.15, 0.2) is 0 Å². The Bertz CT molecular complexity index is 1580. The molecular weight excluding hydrogens is 721 g/mol. The van der Waals surface area contributed by atoms with Crippen molar-refractivity contribution < 1.29 is 32.4 Å². The Hall–Kier alpha value is -2.74. The largest absolute Gasteiger partial charge is 0.347 e. The fourth-order valence-corrected chi connectivity index (χ4v) is 12.7. The predicted octanol–water partition coefficient (Wildman–Crippen LogP) is 4.39. The van der Waals surface area contributed by atoms with Crippen LogP contribution in [0.2, 0.25) is 0 Å². The highest BCUT2D eigenvalue weighted by molar-refractivity contribution is 7.89. The molecule has 0 aromatic carbocycles. The van der Waals surface area contributed by atoms with Gasteiger partial charge in [-0.15, -0.1) is 0 Å². The maximum atomic E-state index is 15.0.